The second kappa shape index (κ2) is 6.91. The summed E-state index contributed by atoms with van der Waals surface area (Å²) in [6.45, 7) is 2.83. The molecular formula is C12H16ClN3O. The smallest absolute Gasteiger partial charge is 0.214 e. The molecule has 0 spiro atoms. The van der Waals surface area contributed by atoms with Gasteiger partial charge in [-0.05, 0) is 18.1 Å². The summed E-state index contributed by atoms with van der Waals surface area (Å²) in [5.74, 6) is 0.491. The first-order valence-corrected chi connectivity index (χ1v) is 5.71. The van der Waals surface area contributed by atoms with E-state index in [0.717, 1.165) is 17.7 Å². The van der Waals surface area contributed by atoms with Crippen LogP contribution in [0.4, 0.5) is 0 Å². The third kappa shape index (κ3) is 4.07. The minimum Gasteiger partial charge on any atom is -0.481 e. The highest BCUT2D eigenvalue weighted by Crippen LogP contribution is 2.19. The van der Waals surface area contributed by atoms with E-state index < -0.39 is 0 Å². The van der Waals surface area contributed by atoms with Gasteiger partial charge in [0.2, 0.25) is 5.88 Å². The lowest BCUT2D eigenvalue weighted by Gasteiger charge is -2.06. The van der Waals surface area contributed by atoms with Crippen molar-refractivity contribution in [2.45, 2.75) is 13.3 Å². The molecule has 17 heavy (non-hydrogen) atoms. The summed E-state index contributed by atoms with van der Waals surface area (Å²) >= 11 is 6.03. The number of rotatable bonds is 6. The van der Waals surface area contributed by atoms with E-state index in [0.29, 0.717) is 17.5 Å². The van der Waals surface area contributed by atoms with Gasteiger partial charge < -0.3 is 15.5 Å². The molecule has 0 bridgehead atoms. The number of nitrogens with zero attached hydrogens (tertiary/aromatic N) is 1. The highest BCUT2D eigenvalue weighted by molar-refractivity contribution is 6.30. The Morgan fingerprint density at radius 1 is 1.59 bits per heavy atom. The molecule has 5 heteroatoms. The standard InChI is InChI=1S/C12H16ClN3O/c1-3-15-8-9(7-14)6-10-4-5-11(17-2)16-12(10)13/h4-5,7-8,14-15H,3,6H2,1-2H3/b9-8-,14-7?. The van der Waals surface area contributed by atoms with E-state index >= 15 is 0 Å². The van der Waals surface area contributed by atoms with Crippen molar-refractivity contribution in [1.82, 2.24) is 10.3 Å². The molecule has 1 aromatic heterocycles. The van der Waals surface area contributed by atoms with E-state index in [-0.39, 0.29) is 0 Å². The minimum absolute atomic E-state index is 0.411. The van der Waals surface area contributed by atoms with Crippen LogP contribution in [0.1, 0.15) is 12.5 Å². The van der Waals surface area contributed by atoms with Gasteiger partial charge in [0.05, 0.1) is 7.11 Å². The van der Waals surface area contributed by atoms with Gasteiger partial charge in [-0.3, -0.25) is 0 Å². The first-order chi connectivity index (χ1) is 8.21. The number of aromatic nitrogens is 1. The van der Waals surface area contributed by atoms with Gasteiger partial charge in [0.15, 0.2) is 0 Å². The highest BCUT2D eigenvalue weighted by atomic mass is 35.5. The molecule has 0 aliphatic carbocycles. The third-order valence-corrected chi connectivity index (χ3v) is 2.51. The van der Waals surface area contributed by atoms with Gasteiger partial charge in [-0.1, -0.05) is 17.7 Å². The first kappa shape index (κ1) is 13.5. The Hall–Kier alpha value is -1.55. The molecule has 0 unspecified atom stereocenters. The maximum absolute atomic E-state index is 7.32. The highest BCUT2D eigenvalue weighted by Gasteiger charge is 2.05. The molecule has 0 saturated heterocycles. The number of halogens is 1. The summed E-state index contributed by atoms with van der Waals surface area (Å²) in [6, 6.07) is 3.62. The van der Waals surface area contributed by atoms with Gasteiger partial charge in [0, 0.05) is 31.4 Å². The number of nitrogens with one attached hydrogen (secondary N) is 2. The predicted octanol–water partition coefficient (Wildman–Crippen LogP) is 2.43. The van der Waals surface area contributed by atoms with E-state index in [1.54, 1.807) is 13.2 Å². The average Bonchev–Trinajstić information content (AvgIpc) is 2.36. The zero-order valence-corrected chi connectivity index (χ0v) is 10.7. The van der Waals surface area contributed by atoms with E-state index in [1.807, 2.05) is 19.2 Å². The van der Waals surface area contributed by atoms with E-state index in [1.165, 1.54) is 6.21 Å². The van der Waals surface area contributed by atoms with Crippen LogP contribution in [0.2, 0.25) is 5.15 Å². The lowest BCUT2D eigenvalue weighted by Crippen LogP contribution is -2.06. The van der Waals surface area contributed by atoms with Gasteiger partial charge in [-0.25, -0.2) is 4.98 Å². The van der Waals surface area contributed by atoms with Crippen molar-refractivity contribution in [2.75, 3.05) is 13.7 Å². The Balaban J connectivity index is 2.83. The summed E-state index contributed by atoms with van der Waals surface area (Å²) in [4.78, 5) is 4.08. The Bertz CT molecular complexity index is 418. The number of allylic oxidation sites excluding steroid dienone is 1. The average molecular weight is 254 g/mol. The molecule has 0 saturated carbocycles. The van der Waals surface area contributed by atoms with Crippen LogP contribution in [0.5, 0.6) is 5.88 Å². The maximum atomic E-state index is 7.32. The number of ether oxygens (including phenoxy) is 1. The fraction of sp³-hybridized carbons (Fsp3) is 0.333. The molecule has 0 fully saturated rings. The monoisotopic (exact) mass is 253 g/mol. The molecule has 1 rings (SSSR count). The molecule has 2 N–H and O–H groups in total. The fourth-order valence-corrected chi connectivity index (χ4v) is 1.50. The Kier molecular flexibility index (Phi) is 5.49. The number of methoxy groups -OCH3 is 1. The van der Waals surface area contributed by atoms with Crippen LogP contribution in [0.25, 0.3) is 0 Å². The van der Waals surface area contributed by atoms with Gasteiger partial charge in [0.1, 0.15) is 5.15 Å². The van der Waals surface area contributed by atoms with Crippen molar-refractivity contribution in [3.8, 4) is 5.88 Å². The van der Waals surface area contributed by atoms with Crippen molar-refractivity contribution >= 4 is 17.8 Å². The Morgan fingerprint density at radius 3 is 2.88 bits per heavy atom. The van der Waals surface area contributed by atoms with Crippen LogP contribution in [0, 0.1) is 5.41 Å². The van der Waals surface area contributed by atoms with E-state index in [9.17, 15) is 0 Å². The molecule has 92 valence electrons. The summed E-state index contributed by atoms with van der Waals surface area (Å²) in [6.07, 6.45) is 3.70. The van der Waals surface area contributed by atoms with Crippen molar-refractivity contribution in [3.63, 3.8) is 0 Å². The van der Waals surface area contributed by atoms with E-state index in [2.05, 4.69) is 10.3 Å². The van der Waals surface area contributed by atoms with Crippen LogP contribution in [-0.2, 0) is 6.42 Å². The lowest BCUT2D eigenvalue weighted by molar-refractivity contribution is 0.397. The largest absolute Gasteiger partial charge is 0.481 e. The Labute approximate surface area is 106 Å². The van der Waals surface area contributed by atoms with Crippen LogP contribution < -0.4 is 10.1 Å². The lowest BCUT2D eigenvalue weighted by atomic mass is 10.1. The second-order valence-electron chi connectivity index (χ2n) is 3.40. The molecule has 0 aliphatic heterocycles. The molecule has 1 heterocycles. The van der Waals surface area contributed by atoms with Crippen molar-refractivity contribution < 1.29 is 4.74 Å². The van der Waals surface area contributed by atoms with Crippen molar-refractivity contribution in [2.24, 2.45) is 0 Å². The van der Waals surface area contributed by atoms with Gasteiger partial charge in [0.25, 0.3) is 0 Å². The summed E-state index contributed by atoms with van der Waals surface area (Å²) < 4.78 is 4.98. The van der Waals surface area contributed by atoms with Crippen LogP contribution in [0.15, 0.2) is 23.9 Å². The number of pyridine rings is 1. The molecule has 0 aliphatic rings. The Morgan fingerprint density at radius 2 is 2.35 bits per heavy atom. The quantitative estimate of drug-likeness (QED) is 0.605. The predicted molar refractivity (Wildman–Crippen MR) is 70.0 cm³/mol. The molecule has 0 radical (unpaired) electrons. The second-order valence-corrected chi connectivity index (χ2v) is 3.76. The third-order valence-electron chi connectivity index (χ3n) is 2.18. The van der Waals surface area contributed by atoms with Crippen LogP contribution in [0.3, 0.4) is 0 Å². The first-order valence-electron chi connectivity index (χ1n) is 5.33. The summed E-state index contributed by atoms with van der Waals surface area (Å²) in [7, 11) is 1.55. The van der Waals surface area contributed by atoms with E-state index in [4.69, 9.17) is 21.7 Å². The fourth-order valence-electron chi connectivity index (χ4n) is 1.29. The summed E-state index contributed by atoms with van der Waals surface area (Å²) in [5.41, 5.74) is 1.72. The molecule has 0 aromatic carbocycles. The zero-order chi connectivity index (χ0) is 12.7. The molecule has 1 aromatic rings. The molecule has 0 amide bonds. The molecule has 0 atom stereocenters. The van der Waals surface area contributed by atoms with Crippen LogP contribution in [-0.4, -0.2) is 24.9 Å². The molecular weight excluding hydrogens is 238 g/mol. The summed E-state index contributed by atoms with van der Waals surface area (Å²) in [5, 5.41) is 10.8. The number of hydrogen-bond acceptors (Lipinski definition) is 4. The minimum atomic E-state index is 0.411. The molecule has 4 nitrogen and oxygen atoms in total. The van der Waals surface area contributed by atoms with Gasteiger partial charge in [-0.2, -0.15) is 0 Å². The number of hydrogen-bond donors (Lipinski definition) is 2. The van der Waals surface area contributed by atoms with Gasteiger partial charge >= 0.3 is 0 Å². The normalized spacial score (nSPS) is 11.1. The SMILES string of the molecule is CCN/C=C(\C=N)Cc1ccc(OC)nc1Cl. The van der Waals surface area contributed by atoms with Crippen molar-refractivity contribution in [1.29, 1.82) is 5.41 Å². The maximum Gasteiger partial charge on any atom is 0.214 e. The topological polar surface area (TPSA) is 58.0 Å². The van der Waals surface area contributed by atoms with Gasteiger partial charge in [-0.15, -0.1) is 0 Å². The van der Waals surface area contributed by atoms with Crippen molar-refractivity contribution in [3.05, 3.63) is 34.6 Å². The van der Waals surface area contributed by atoms with Crippen LogP contribution >= 0.6 is 11.6 Å². The zero-order valence-electron chi connectivity index (χ0n) is 9.96.